The first-order valence-electron chi connectivity index (χ1n) is 7.81. The molecule has 0 aliphatic heterocycles. The summed E-state index contributed by atoms with van der Waals surface area (Å²) in [4.78, 5) is 26.7. The van der Waals surface area contributed by atoms with Gasteiger partial charge in [0.25, 0.3) is 0 Å². The molecule has 0 bridgehead atoms. The Kier molecular flexibility index (Phi) is 5.19. The van der Waals surface area contributed by atoms with E-state index in [9.17, 15) is 9.59 Å². The lowest BCUT2D eigenvalue weighted by atomic mass is 10.0. The SMILES string of the molecule is CCc1ccc(NC(=O)C2(C(=O)NCCN(C)C)CC2)cc1. The van der Waals surface area contributed by atoms with E-state index in [1.54, 1.807) is 0 Å². The highest BCUT2D eigenvalue weighted by molar-refractivity contribution is 6.13. The maximum atomic E-state index is 12.4. The van der Waals surface area contributed by atoms with Crippen molar-refractivity contribution in [3.8, 4) is 0 Å². The quantitative estimate of drug-likeness (QED) is 0.753. The first kappa shape index (κ1) is 16.5. The average Bonchev–Trinajstić information content (AvgIpc) is 3.29. The maximum Gasteiger partial charge on any atom is 0.240 e. The highest BCUT2D eigenvalue weighted by atomic mass is 16.2. The molecule has 0 heterocycles. The maximum absolute atomic E-state index is 12.4. The van der Waals surface area contributed by atoms with Gasteiger partial charge in [-0.25, -0.2) is 0 Å². The molecule has 1 aromatic carbocycles. The second kappa shape index (κ2) is 6.92. The molecule has 2 rings (SSSR count). The van der Waals surface area contributed by atoms with Gasteiger partial charge in [-0.2, -0.15) is 0 Å². The minimum absolute atomic E-state index is 0.156. The molecule has 0 aromatic heterocycles. The monoisotopic (exact) mass is 303 g/mol. The topological polar surface area (TPSA) is 61.4 Å². The van der Waals surface area contributed by atoms with Crippen LogP contribution in [-0.4, -0.2) is 43.9 Å². The van der Waals surface area contributed by atoms with Gasteiger partial charge in [-0.15, -0.1) is 0 Å². The highest BCUT2D eigenvalue weighted by Gasteiger charge is 2.56. The van der Waals surface area contributed by atoms with Gasteiger partial charge in [0.1, 0.15) is 5.41 Å². The minimum atomic E-state index is -0.865. The molecule has 2 amide bonds. The molecule has 0 atom stereocenters. The summed E-state index contributed by atoms with van der Waals surface area (Å²) in [7, 11) is 3.90. The summed E-state index contributed by atoms with van der Waals surface area (Å²) in [6.45, 7) is 3.42. The Morgan fingerprint density at radius 3 is 2.27 bits per heavy atom. The zero-order valence-electron chi connectivity index (χ0n) is 13.6. The number of nitrogens with one attached hydrogen (secondary N) is 2. The molecule has 1 aliphatic rings. The summed E-state index contributed by atoms with van der Waals surface area (Å²) in [6, 6.07) is 7.76. The molecule has 1 aliphatic carbocycles. The fraction of sp³-hybridized carbons (Fsp3) is 0.529. The van der Waals surface area contributed by atoms with E-state index in [4.69, 9.17) is 0 Å². The third-order valence-electron chi connectivity index (χ3n) is 4.08. The van der Waals surface area contributed by atoms with E-state index in [2.05, 4.69) is 17.6 Å². The molecular formula is C17H25N3O2. The summed E-state index contributed by atoms with van der Waals surface area (Å²) in [5.74, 6) is -0.351. The second-order valence-corrected chi connectivity index (χ2v) is 6.15. The number of benzene rings is 1. The van der Waals surface area contributed by atoms with Crippen LogP contribution in [0.4, 0.5) is 5.69 Å². The smallest absolute Gasteiger partial charge is 0.240 e. The van der Waals surface area contributed by atoms with Crippen molar-refractivity contribution in [1.82, 2.24) is 10.2 Å². The summed E-state index contributed by atoms with van der Waals surface area (Å²) >= 11 is 0. The fourth-order valence-corrected chi connectivity index (χ4v) is 2.32. The molecule has 0 radical (unpaired) electrons. The minimum Gasteiger partial charge on any atom is -0.354 e. The van der Waals surface area contributed by atoms with Crippen LogP contribution in [0.2, 0.25) is 0 Å². The van der Waals surface area contributed by atoms with Crippen LogP contribution >= 0.6 is 0 Å². The van der Waals surface area contributed by atoms with Crippen LogP contribution < -0.4 is 10.6 Å². The molecule has 1 aromatic rings. The summed E-state index contributed by atoms with van der Waals surface area (Å²) in [6.07, 6.45) is 2.21. The third-order valence-corrected chi connectivity index (χ3v) is 4.08. The Hall–Kier alpha value is -1.88. The van der Waals surface area contributed by atoms with Gasteiger partial charge in [0, 0.05) is 18.8 Å². The summed E-state index contributed by atoms with van der Waals surface area (Å²) in [5, 5.41) is 5.73. The molecule has 2 N–H and O–H groups in total. The Morgan fingerprint density at radius 1 is 1.14 bits per heavy atom. The van der Waals surface area contributed by atoms with Crippen LogP contribution in [0.15, 0.2) is 24.3 Å². The summed E-state index contributed by atoms with van der Waals surface area (Å²) in [5.41, 5.74) is 1.10. The molecule has 0 spiro atoms. The van der Waals surface area contributed by atoms with Gasteiger partial charge in [0.15, 0.2) is 0 Å². The van der Waals surface area contributed by atoms with Crippen LogP contribution in [0.25, 0.3) is 0 Å². The Morgan fingerprint density at radius 2 is 1.77 bits per heavy atom. The van der Waals surface area contributed by atoms with Crippen molar-refractivity contribution in [1.29, 1.82) is 0 Å². The van der Waals surface area contributed by atoms with E-state index in [-0.39, 0.29) is 11.8 Å². The molecule has 1 saturated carbocycles. The number of rotatable bonds is 7. The third kappa shape index (κ3) is 3.85. The van der Waals surface area contributed by atoms with Crippen molar-refractivity contribution in [3.05, 3.63) is 29.8 Å². The number of amides is 2. The van der Waals surface area contributed by atoms with Gasteiger partial charge in [-0.1, -0.05) is 19.1 Å². The fourth-order valence-electron chi connectivity index (χ4n) is 2.32. The van der Waals surface area contributed by atoms with E-state index in [0.717, 1.165) is 18.7 Å². The van der Waals surface area contributed by atoms with Gasteiger partial charge in [0.05, 0.1) is 0 Å². The molecule has 1 fully saturated rings. The van der Waals surface area contributed by atoms with Gasteiger partial charge in [-0.3, -0.25) is 9.59 Å². The number of nitrogens with zero attached hydrogens (tertiary/aromatic N) is 1. The number of hydrogen-bond donors (Lipinski definition) is 2. The average molecular weight is 303 g/mol. The van der Waals surface area contributed by atoms with Gasteiger partial charge in [-0.05, 0) is 51.1 Å². The van der Waals surface area contributed by atoms with Gasteiger partial charge < -0.3 is 15.5 Å². The first-order chi connectivity index (χ1) is 10.5. The standard InChI is InChI=1S/C17H25N3O2/c1-4-13-5-7-14(8-6-13)19-16(22)17(9-10-17)15(21)18-11-12-20(2)3/h5-8H,4,9-12H2,1-3H3,(H,18,21)(H,19,22). The van der Waals surface area contributed by atoms with Crippen molar-refractivity contribution in [2.45, 2.75) is 26.2 Å². The lowest BCUT2D eigenvalue weighted by Crippen LogP contribution is -2.42. The number of carbonyl (C=O) groups excluding carboxylic acids is 2. The van der Waals surface area contributed by atoms with Crippen molar-refractivity contribution in [2.75, 3.05) is 32.5 Å². The van der Waals surface area contributed by atoms with Gasteiger partial charge in [0.2, 0.25) is 11.8 Å². The normalized spacial score (nSPS) is 15.5. The van der Waals surface area contributed by atoms with Crippen LogP contribution in [0.5, 0.6) is 0 Å². The molecule has 22 heavy (non-hydrogen) atoms. The predicted molar refractivity (Wildman–Crippen MR) is 87.7 cm³/mol. The Labute approximate surface area is 132 Å². The van der Waals surface area contributed by atoms with Crippen molar-refractivity contribution >= 4 is 17.5 Å². The number of carbonyl (C=O) groups is 2. The Bertz CT molecular complexity index is 533. The highest BCUT2D eigenvalue weighted by Crippen LogP contribution is 2.46. The number of anilines is 1. The largest absolute Gasteiger partial charge is 0.354 e. The molecular weight excluding hydrogens is 278 g/mol. The number of likely N-dealkylation sites (N-methyl/N-ethyl adjacent to an activating group) is 1. The van der Waals surface area contributed by atoms with E-state index in [1.807, 2.05) is 43.3 Å². The van der Waals surface area contributed by atoms with Crippen LogP contribution in [-0.2, 0) is 16.0 Å². The predicted octanol–water partition coefficient (Wildman–Crippen LogP) is 1.65. The molecule has 120 valence electrons. The lowest BCUT2D eigenvalue weighted by molar-refractivity contribution is -0.134. The van der Waals surface area contributed by atoms with E-state index in [1.165, 1.54) is 5.56 Å². The van der Waals surface area contributed by atoms with Crippen molar-refractivity contribution in [2.24, 2.45) is 5.41 Å². The zero-order chi connectivity index (χ0) is 16.2. The van der Waals surface area contributed by atoms with Crippen LogP contribution in [0.3, 0.4) is 0 Å². The molecule has 0 saturated heterocycles. The number of hydrogen-bond acceptors (Lipinski definition) is 3. The van der Waals surface area contributed by atoms with Crippen molar-refractivity contribution in [3.63, 3.8) is 0 Å². The summed E-state index contributed by atoms with van der Waals surface area (Å²) < 4.78 is 0. The Balaban J connectivity index is 1.91. The second-order valence-electron chi connectivity index (χ2n) is 6.15. The zero-order valence-corrected chi connectivity index (χ0v) is 13.6. The van der Waals surface area contributed by atoms with E-state index >= 15 is 0 Å². The number of aryl methyl sites for hydroxylation is 1. The molecule has 0 unspecified atom stereocenters. The van der Waals surface area contributed by atoms with Crippen molar-refractivity contribution < 1.29 is 9.59 Å². The van der Waals surface area contributed by atoms with Gasteiger partial charge >= 0.3 is 0 Å². The van der Waals surface area contributed by atoms with Crippen LogP contribution in [0, 0.1) is 5.41 Å². The van der Waals surface area contributed by atoms with E-state index < -0.39 is 5.41 Å². The van der Waals surface area contributed by atoms with E-state index in [0.29, 0.717) is 19.4 Å². The first-order valence-corrected chi connectivity index (χ1v) is 7.81. The lowest BCUT2D eigenvalue weighted by Gasteiger charge is -2.17. The molecule has 5 heteroatoms. The molecule has 5 nitrogen and oxygen atoms in total. The van der Waals surface area contributed by atoms with Crippen LogP contribution in [0.1, 0.15) is 25.3 Å².